The number of hydrogen-bond acceptors (Lipinski definition) is 3. The number of benzene rings is 1. The molecule has 0 bridgehead atoms. The minimum absolute atomic E-state index is 0.0800. The molecule has 0 radical (unpaired) electrons. The van der Waals surface area contributed by atoms with Gasteiger partial charge < -0.3 is 10.5 Å². The van der Waals surface area contributed by atoms with Gasteiger partial charge in [-0.15, -0.1) is 6.42 Å². The molecule has 98 valence electrons. The highest BCUT2D eigenvalue weighted by Crippen LogP contribution is 2.24. The van der Waals surface area contributed by atoms with Gasteiger partial charge in [0.1, 0.15) is 23.0 Å². The molecule has 0 atom stereocenters. The predicted molar refractivity (Wildman–Crippen MR) is 74.4 cm³/mol. The zero-order chi connectivity index (χ0) is 14.3. The van der Waals surface area contributed by atoms with E-state index in [2.05, 4.69) is 10.9 Å². The molecule has 0 aliphatic rings. The molecule has 3 nitrogen and oxygen atoms in total. The van der Waals surface area contributed by atoms with Gasteiger partial charge in [-0.05, 0) is 18.2 Å². The molecule has 2 N–H and O–H groups in total. The van der Waals surface area contributed by atoms with E-state index in [0.717, 1.165) is 0 Å². The van der Waals surface area contributed by atoms with E-state index in [-0.39, 0.29) is 5.69 Å². The minimum Gasteiger partial charge on any atom is -0.457 e. The Morgan fingerprint density at radius 2 is 1.89 bits per heavy atom. The number of anilines is 1. The van der Waals surface area contributed by atoms with Crippen molar-refractivity contribution >= 4 is 5.69 Å². The maximum absolute atomic E-state index is 13.2. The monoisotopic (exact) mass is 258 g/mol. The Morgan fingerprint density at radius 3 is 2.53 bits per heavy atom. The normalized spacial score (nSPS) is 8.95. The Kier molecular flexibility index (Phi) is 5.36. The fourth-order valence-corrected chi connectivity index (χ4v) is 1.26. The molecular weight excluding hydrogens is 243 g/mol. The molecule has 0 unspecified atom stereocenters. The fraction of sp³-hybridized carbons (Fsp3) is 0.133. The number of rotatable bonds is 2. The second-order valence-electron chi connectivity index (χ2n) is 3.31. The van der Waals surface area contributed by atoms with Crippen LogP contribution in [0.25, 0.3) is 0 Å². The Hall–Kier alpha value is -2.54. The van der Waals surface area contributed by atoms with Gasteiger partial charge in [0.25, 0.3) is 0 Å². The first kappa shape index (κ1) is 14.5. The SMILES string of the molecule is C#Cc1cc(Oc2ccc(N)c(F)c2)ccn1.CC. The van der Waals surface area contributed by atoms with Crippen LogP contribution in [0.5, 0.6) is 11.5 Å². The molecule has 1 aromatic heterocycles. The molecule has 0 saturated carbocycles. The average Bonchev–Trinajstić information content (AvgIpc) is 2.45. The molecular formula is C15H15FN2O. The van der Waals surface area contributed by atoms with Crippen LogP contribution in [0.15, 0.2) is 36.5 Å². The highest BCUT2D eigenvalue weighted by molar-refractivity contribution is 5.45. The molecule has 2 aromatic rings. The van der Waals surface area contributed by atoms with Gasteiger partial charge in [-0.25, -0.2) is 9.37 Å². The second-order valence-corrected chi connectivity index (χ2v) is 3.31. The molecule has 0 spiro atoms. The van der Waals surface area contributed by atoms with Crippen LogP contribution in [-0.4, -0.2) is 4.98 Å². The van der Waals surface area contributed by atoms with Crippen LogP contribution < -0.4 is 10.5 Å². The number of halogens is 1. The lowest BCUT2D eigenvalue weighted by Crippen LogP contribution is -1.92. The van der Waals surface area contributed by atoms with Crippen molar-refractivity contribution in [3.8, 4) is 23.8 Å². The van der Waals surface area contributed by atoms with Crippen LogP contribution in [0.4, 0.5) is 10.1 Å². The molecule has 19 heavy (non-hydrogen) atoms. The molecule has 1 aromatic carbocycles. The lowest BCUT2D eigenvalue weighted by Gasteiger charge is -2.06. The standard InChI is InChI=1S/C13H9FN2O.C2H6/c1-2-9-7-11(5-6-16-9)17-10-3-4-13(15)12(14)8-10;1-2/h1,3-8H,15H2;1-2H3. The first-order chi connectivity index (χ1) is 9.19. The number of aromatic nitrogens is 1. The maximum atomic E-state index is 13.2. The molecule has 0 fully saturated rings. The third kappa shape index (κ3) is 4.00. The van der Waals surface area contributed by atoms with E-state index in [1.807, 2.05) is 13.8 Å². The molecule has 0 saturated heterocycles. The van der Waals surface area contributed by atoms with Gasteiger partial charge in [-0.2, -0.15) is 0 Å². The van der Waals surface area contributed by atoms with Crippen molar-refractivity contribution in [1.29, 1.82) is 0 Å². The summed E-state index contributed by atoms with van der Waals surface area (Å²) in [5, 5.41) is 0. The summed E-state index contributed by atoms with van der Waals surface area (Å²) in [6.07, 6.45) is 6.74. The third-order valence-corrected chi connectivity index (χ3v) is 2.09. The molecule has 0 amide bonds. The topological polar surface area (TPSA) is 48.1 Å². The summed E-state index contributed by atoms with van der Waals surface area (Å²) in [6, 6.07) is 7.46. The Bertz CT molecular complexity index is 591. The van der Waals surface area contributed by atoms with E-state index in [0.29, 0.717) is 17.2 Å². The van der Waals surface area contributed by atoms with Gasteiger partial charge in [-0.3, -0.25) is 0 Å². The lowest BCUT2D eigenvalue weighted by atomic mass is 10.3. The summed E-state index contributed by atoms with van der Waals surface area (Å²) in [7, 11) is 0. The van der Waals surface area contributed by atoms with Crippen molar-refractivity contribution in [2.24, 2.45) is 0 Å². The van der Waals surface area contributed by atoms with E-state index in [1.54, 1.807) is 18.2 Å². The van der Waals surface area contributed by atoms with Crippen molar-refractivity contribution < 1.29 is 9.13 Å². The van der Waals surface area contributed by atoms with E-state index in [9.17, 15) is 4.39 Å². The number of nitrogens with two attached hydrogens (primary N) is 1. The number of hydrogen-bond donors (Lipinski definition) is 1. The van der Waals surface area contributed by atoms with Gasteiger partial charge in [0.05, 0.1) is 5.69 Å². The van der Waals surface area contributed by atoms with Gasteiger partial charge in [0.15, 0.2) is 0 Å². The van der Waals surface area contributed by atoms with E-state index in [1.165, 1.54) is 18.3 Å². The van der Waals surface area contributed by atoms with Crippen LogP contribution >= 0.6 is 0 Å². The number of terminal acetylenes is 1. The van der Waals surface area contributed by atoms with E-state index < -0.39 is 5.82 Å². The van der Waals surface area contributed by atoms with Crippen molar-refractivity contribution in [2.45, 2.75) is 13.8 Å². The van der Waals surface area contributed by atoms with Crippen molar-refractivity contribution in [2.75, 3.05) is 5.73 Å². The van der Waals surface area contributed by atoms with Gasteiger partial charge in [-0.1, -0.05) is 19.8 Å². The average molecular weight is 258 g/mol. The van der Waals surface area contributed by atoms with Crippen LogP contribution in [0.1, 0.15) is 19.5 Å². The van der Waals surface area contributed by atoms with Crippen molar-refractivity contribution in [3.63, 3.8) is 0 Å². The molecule has 0 aliphatic heterocycles. The number of nitrogens with zero attached hydrogens (tertiary/aromatic N) is 1. The Balaban J connectivity index is 0.000000861. The smallest absolute Gasteiger partial charge is 0.149 e. The van der Waals surface area contributed by atoms with E-state index >= 15 is 0 Å². The predicted octanol–water partition coefficient (Wildman–Crippen LogP) is 3.60. The zero-order valence-electron chi connectivity index (χ0n) is 10.9. The maximum Gasteiger partial charge on any atom is 0.149 e. The van der Waals surface area contributed by atoms with Crippen LogP contribution in [0, 0.1) is 18.2 Å². The quantitative estimate of drug-likeness (QED) is 0.661. The number of pyridine rings is 1. The summed E-state index contributed by atoms with van der Waals surface area (Å²) in [6.45, 7) is 4.00. The largest absolute Gasteiger partial charge is 0.457 e. The lowest BCUT2D eigenvalue weighted by molar-refractivity contribution is 0.476. The van der Waals surface area contributed by atoms with Crippen LogP contribution in [0.3, 0.4) is 0 Å². The molecule has 0 aliphatic carbocycles. The Morgan fingerprint density at radius 1 is 1.21 bits per heavy atom. The van der Waals surface area contributed by atoms with Gasteiger partial charge >= 0.3 is 0 Å². The molecule has 4 heteroatoms. The number of nitrogen functional groups attached to an aromatic ring is 1. The highest BCUT2D eigenvalue weighted by Gasteiger charge is 2.02. The van der Waals surface area contributed by atoms with E-state index in [4.69, 9.17) is 16.9 Å². The Labute approximate surface area is 112 Å². The summed E-state index contributed by atoms with van der Waals surface area (Å²) in [5.74, 6) is 2.72. The summed E-state index contributed by atoms with van der Waals surface area (Å²) >= 11 is 0. The summed E-state index contributed by atoms with van der Waals surface area (Å²) < 4.78 is 18.6. The highest BCUT2D eigenvalue weighted by atomic mass is 19.1. The van der Waals surface area contributed by atoms with Crippen molar-refractivity contribution in [3.05, 3.63) is 48.0 Å². The minimum atomic E-state index is -0.520. The summed E-state index contributed by atoms with van der Waals surface area (Å²) in [4.78, 5) is 3.92. The molecule has 2 rings (SSSR count). The van der Waals surface area contributed by atoms with Crippen molar-refractivity contribution in [1.82, 2.24) is 4.98 Å². The third-order valence-electron chi connectivity index (χ3n) is 2.09. The van der Waals surface area contributed by atoms with Crippen LogP contribution in [-0.2, 0) is 0 Å². The summed E-state index contributed by atoms with van der Waals surface area (Å²) in [5.41, 5.74) is 5.90. The second kappa shape index (κ2) is 7.02. The van der Waals surface area contributed by atoms with Gasteiger partial charge in [0, 0.05) is 18.3 Å². The fourth-order valence-electron chi connectivity index (χ4n) is 1.26. The molecule has 1 heterocycles. The number of ether oxygens (including phenoxy) is 1. The van der Waals surface area contributed by atoms with Gasteiger partial charge in [0.2, 0.25) is 0 Å². The van der Waals surface area contributed by atoms with Crippen LogP contribution in [0.2, 0.25) is 0 Å². The first-order valence-electron chi connectivity index (χ1n) is 5.84. The first-order valence-corrected chi connectivity index (χ1v) is 5.84. The zero-order valence-corrected chi connectivity index (χ0v) is 10.9.